The molecule has 1 aliphatic carbocycles. The van der Waals surface area contributed by atoms with E-state index in [1.54, 1.807) is 12.1 Å². The number of aromatic carboxylic acids is 1. The normalized spacial score (nSPS) is 14.7. The second-order valence-electron chi connectivity index (χ2n) is 5.96. The van der Waals surface area contributed by atoms with Gasteiger partial charge in [-0.05, 0) is 49.6 Å². The summed E-state index contributed by atoms with van der Waals surface area (Å²) in [5, 5.41) is 15.1. The number of carbonyl (C=O) groups is 2. The predicted molar refractivity (Wildman–Crippen MR) is 91.0 cm³/mol. The second-order valence-corrected chi connectivity index (χ2v) is 5.96. The van der Waals surface area contributed by atoms with E-state index in [-0.39, 0.29) is 23.6 Å². The van der Waals surface area contributed by atoms with Gasteiger partial charge >= 0.3 is 5.97 Å². The van der Waals surface area contributed by atoms with Gasteiger partial charge < -0.3 is 15.7 Å². The van der Waals surface area contributed by atoms with Crippen LogP contribution in [0, 0.1) is 5.92 Å². The zero-order valence-corrected chi connectivity index (χ0v) is 13.3. The molecule has 24 heavy (non-hydrogen) atoms. The summed E-state index contributed by atoms with van der Waals surface area (Å²) in [5.41, 5.74) is 1.81. The molecular weight excluding hydrogens is 306 g/mol. The summed E-state index contributed by atoms with van der Waals surface area (Å²) in [5.74, 6) is -0.281. The van der Waals surface area contributed by atoms with Gasteiger partial charge in [-0.2, -0.15) is 0 Å². The predicted octanol–water partition coefficient (Wildman–Crippen LogP) is 3.30. The van der Waals surface area contributed by atoms with Crippen LogP contribution in [0.5, 0.6) is 0 Å². The van der Waals surface area contributed by atoms with Crippen LogP contribution < -0.4 is 10.6 Å². The Kier molecular flexibility index (Phi) is 4.46. The molecule has 0 spiro atoms. The third-order valence-electron chi connectivity index (χ3n) is 3.96. The van der Waals surface area contributed by atoms with Gasteiger partial charge in [0, 0.05) is 17.6 Å². The molecule has 1 amide bonds. The number of carboxylic acids is 1. The van der Waals surface area contributed by atoms with Gasteiger partial charge in [0.1, 0.15) is 5.82 Å². The van der Waals surface area contributed by atoms with E-state index in [1.807, 2.05) is 31.2 Å². The maximum atomic E-state index is 11.7. The number of nitrogens with zero attached hydrogens (tertiary/aromatic N) is 1. The zero-order valence-electron chi connectivity index (χ0n) is 13.3. The Labute approximate surface area is 139 Å². The molecule has 0 radical (unpaired) electrons. The second kappa shape index (κ2) is 6.70. The summed E-state index contributed by atoms with van der Waals surface area (Å²) in [4.78, 5) is 26.8. The molecule has 2 aromatic rings. The Balaban J connectivity index is 1.64. The summed E-state index contributed by atoms with van der Waals surface area (Å²) in [6, 6.07) is 12.4. The Bertz CT molecular complexity index is 754. The minimum atomic E-state index is -1.05. The topological polar surface area (TPSA) is 91.3 Å². The van der Waals surface area contributed by atoms with Crippen molar-refractivity contribution in [2.24, 2.45) is 5.92 Å². The van der Waals surface area contributed by atoms with Crippen molar-refractivity contribution in [2.75, 3.05) is 10.6 Å². The number of rotatable bonds is 6. The van der Waals surface area contributed by atoms with Gasteiger partial charge in [0.15, 0.2) is 5.69 Å². The summed E-state index contributed by atoms with van der Waals surface area (Å²) < 4.78 is 0. The van der Waals surface area contributed by atoms with Crippen LogP contribution in [0.15, 0.2) is 42.5 Å². The molecule has 1 atom stereocenters. The summed E-state index contributed by atoms with van der Waals surface area (Å²) >= 11 is 0. The average molecular weight is 325 g/mol. The highest BCUT2D eigenvalue weighted by Crippen LogP contribution is 2.30. The first kappa shape index (κ1) is 16.0. The highest BCUT2D eigenvalue weighted by Gasteiger charge is 2.29. The number of aromatic nitrogens is 1. The molecule has 3 rings (SSSR count). The number of pyridine rings is 1. The van der Waals surface area contributed by atoms with Crippen LogP contribution in [-0.4, -0.2) is 22.0 Å². The fraction of sp³-hybridized carbons (Fsp3) is 0.278. The first-order valence-electron chi connectivity index (χ1n) is 7.90. The molecule has 0 aliphatic heterocycles. The number of carbonyl (C=O) groups excluding carboxylic acids is 1. The maximum Gasteiger partial charge on any atom is 0.354 e. The van der Waals surface area contributed by atoms with Gasteiger partial charge in [-0.1, -0.05) is 18.2 Å². The van der Waals surface area contributed by atoms with E-state index >= 15 is 0 Å². The number of anilines is 2. The van der Waals surface area contributed by atoms with E-state index in [0.717, 1.165) is 24.1 Å². The lowest BCUT2D eigenvalue weighted by molar-refractivity contribution is -0.117. The quantitative estimate of drug-likeness (QED) is 0.758. The van der Waals surface area contributed by atoms with E-state index in [1.165, 1.54) is 6.07 Å². The standard InChI is InChI=1S/C18H19N3O3/c1-11(19-16-4-2-3-15(21-16)18(23)24)12-7-9-14(10-8-12)20-17(22)13-5-6-13/h2-4,7-11,13H,5-6H2,1H3,(H,19,21)(H,20,22)(H,23,24). The highest BCUT2D eigenvalue weighted by molar-refractivity contribution is 5.94. The van der Waals surface area contributed by atoms with E-state index in [2.05, 4.69) is 15.6 Å². The SMILES string of the molecule is CC(Nc1cccc(C(=O)O)n1)c1ccc(NC(=O)C2CC2)cc1. The van der Waals surface area contributed by atoms with Crippen LogP contribution in [0.25, 0.3) is 0 Å². The molecule has 1 aromatic heterocycles. The molecular formula is C18H19N3O3. The number of benzene rings is 1. The molecule has 6 heteroatoms. The number of amides is 1. The minimum absolute atomic E-state index is 0.00494. The lowest BCUT2D eigenvalue weighted by atomic mass is 10.1. The van der Waals surface area contributed by atoms with Gasteiger partial charge in [0.05, 0.1) is 0 Å². The van der Waals surface area contributed by atoms with Crippen LogP contribution in [-0.2, 0) is 4.79 Å². The summed E-state index contributed by atoms with van der Waals surface area (Å²) in [6.45, 7) is 1.97. The third-order valence-corrected chi connectivity index (χ3v) is 3.96. The lowest BCUT2D eigenvalue weighted by Gasteiger charge is -2.16. The molecule has 1 heterocycles. The number of hydrogen-bond donors (Lipinski definition) is 3. The summed E-state index contributed by atoms with van der Waals surface area (Å²) in [6.07, 6.45) is 1.96. The largest absolute Gasteiger partial charge is 0.477 e. The van der Waals surface area contributed by atoms with E-state index in [4.69, 9.17) is 5.11 Å². The van der Waals surface area contributed by atoms with Crippen LogP contribution in [0.4, 0.5) is 11.5 Å². The van der Waals surface area contributed by atoms with E-state index < -0.39 is 5.97 Å². The monoisotopic (exact) mass is 325 g/mol. The third kappa shape index (κ3) is 3.90. The van der Waals surface area contributed by atoms with Crippen LogP contribution >= 0.6 is 0 Å². The van der Waals surface area contributed by atoms with Crippen molar-refractivity contribution in [3.8, 4) is 0 Å². The Morgan fingerprint density at radius 2 is 1.88 bits per heavy atom. The molecule has 1 unspecified atom stereocenters. The minimum Gasteiger partial charge on any atom is -0.477 e. The smallest absolute Gasteiger partial charge is 0.354 e. The Morgan fingerprint density at radius 1 is 1.17 bits per heavy atom. The Morgan fingerprint density at radius 3 is 2.50 bits per heavy atom. The summed E-state index contributed by atoms with van der Waals surface area (Å²) in [7, 11) is 0. The van der Waals surface area contributed by atoms with E-state index in [9.17, 15) is 9.59 Å². The molecule has 124 valence electrons. The number of hydrogen-bond acceptors (Lipinski definition) is 4. The van der Waals surface area contributed by atoms with E-state index in [0.29, 0.717) is 5.82 Å². The van der Waals surface area contributed by atoms with Crippen LogP contribution in [0.3, 0.4) is 0 Å². The zero-order chi connectivity index (χ0) is 17.1. The fourth-order valence-corrected chi connectivity index (χ4v) is 2.38. The number of carboxylic acid groups (broad SMARTS) is 1. The first-order valence-corrected chi connectivity index (χ1v) is 7.90. The van der Waals surface area contributed by atoms with Crippen molar-refractivity contribution >= 4 is 23.4 Å². The molecule has 0 bridgehead atoms. The van der Waals surface area contributed by atoms with Gasteiger partial charge in [-0.15, -0.1) is 0 Å². The molecule has 1 fully saturated rings. The average Bonchev–Trinajstić information content (AvgIpc) is 3.40. The molecule has 3 N–H and O–H groups in total. The van der Waals surface area contributed by atoms with Crippen molar-refractivity contribution in [1.82, 2.24) is 4.98 Å². The lowest BCUT2D eigenvalue weighted by Crippen LogP contribution is -2.13. The van der Waals surface area contributed by atoms with Crippen LogP contribution in [0.2, 0.25) is 0 Å². The van der Waals surface area contributed by atoms with Gasteiger partial charge in [0.2, 0.25) is 5.91 Å². The van der Waals surface area contributed by atoms with Crippen molar-refractivity contribution in [2.45, 2.75) is 25.8 Å². The molecule has 0 saturated heterocycles. The molecule has 1 saturated carbocycles. The fourth-order valence-electron chi connectivity index (χ4n) is 2.38. The van der Waals surface area contributed by atoms with Crippen molar-refractivity contribution in [3.05, 3.63) is 53.7 Å². The van der Waals surface area contributed by atoms with Gasteiger partial charge in [-0.25, -0.2) is 9.78 Å². The van der Waals surface area contributed by atoms with Crippen molar-refractivity contribution < 1.29 is 14.7 Å². The Hall–Kier alpha value is -2.89. The highest BCUT2D eigenvalue weighted by atomic mass is 16.4. The van der Waals surface area contributed by atoms with Gasteiger partial charge in [-0.3, -0.25) is 4.79 Å². The van der Waals surface area contributed by atoms with Gasteiger partial charge in [0.25, 0.3) is 0 Å². The molecule has 1 aromatic carbocycles. The maximum absolute atomic E-state index is 11.7. The number of nitrogens with one attached hydrogen (secondary N) is 2. The molecule has 6 nitrogen and oxygen atoms in total. The van der Waals surface area contributed by atoms with Crippen LogP contribution in [0.1, 0.15) is 41.9 Å². The van der Waals surface area contributed by atoms with Crippen molar-refractivity contribution in [1.29, 1.82) is 0 Å². The first-order chi connectivity index (χ1) is 11.5. The molecule has 1 aliphatic rings. The van der Waals surface area contributed by atoms with Crippen molar-refractivity contribution in [3.63, 3.8) is 0 Å².